The number of carbonyl (C=O) groups is 2. The predicted molar refractivity (Wildman–Crippen MR) is 95.0 cm³/mol. The molecule has 1 heterocycles. The van der Waals surface area contributed by atoms with Gasteiger partial charge in [0.15, 0.2) is 6.10 Å². The molecular weight excluding hydrogens is 326 g/mol. The largest absolute Gasteiger partial charge is 0.495 e. The van der Waals surface area contributed by atoms with Gasteiger partial charge < -0.3 is 14.8 Å². The maximum absolute atomic E-state index is 12.3. The fourth-order valence-electron chi connectivity index (χ4n) is 2.26. The van der Waals surface area contributed by atoms with Crippen LogP contribution in [0.4, 0.5) is 5.69 Å². The Kier molecular flexibility index (Phi) is 5.62. The first-order valence-corrected chi connectivity index (χ1v) is 8.37. The van der Waals surface area contributed by atoms with Gasteiger partial charge in [-0.3, -0.25) is 4.79 Å². The number of hydrogen-bond acceptors (Lipinski definition) is 5. The fraction of sp³-hybridized carbons (Fsp3) is 0.333. The van der Waals surface area contributed by atoms with Gasteiger partial charge in [-0.05, 0) is 51.5 Å². The first-order valence-electron chi connectivity index (χ1n) is 7.55. The highest BCUT2D eigenvalue weighted by Gasteiger charge is 2.22. The van der Waals surface area contributed by atoms with Gasteiger partial charge in [-0.2, -0.15) is 0 Å². The van der Waals surface area contributed by atoms with Crippen molar-refractivity contribution in [1.82, 2.24) is 0 Å². The molecule has 0 bridgehead atoms. The molecule has 0 saturated heterocycles. The standard InChI is InChI=1S/C18H21NO4S/c1-10-6-7-16(22-5)15(8-10)19-17(20)12(3)23-18(21)14-9-11(2)24-13(14)4/h6-9,12H,1-5H3,(H,19,20)/t12-/m1/s1. The number of nitrogens with one attached hydrogen (secondary N) is 1. The molecule has 1 aromatic heterocycles. The van der Waals surface area contributed by atoms with Gasteiger partial charge >= 0.3 is 5.97 Å². The molecule has 24 heavy (non-hydrogen) atoms. The Bertz CT molecular complexity index is 766. The van der Waals surface area contributed by atoms with Crippen LogP contribution < -0.4 is 10.1 Å². The maximum Gasteiger partial charge on any atom is 0.340 e. The lowest BCUT2D eigenvalue weighted by molar-refractivity contribution is -0.123. The van der Waals surface area contributed by atoms with Crippen molar-refractivity contribution < 1.29 is 19.1 Å². The highest BCUT2D eigenvalue weighted by Crippen LogP contribution is 2.26. The summed E-state index contributed by atoms with van der Waals surface area (Å²) in [6, 6.07) is 7.24. The van der Waals surface area contributed by atoms with Crippen LogP contribution >= 0.6 is 11.3 Å². The molecule has 1 amide bonds. The first kappa shape index (κ1) is 18.0. The Morgan fingerprint density at radius 2 is 1.88 bits per heavy atom. The van der Waals surface area contributed by atoms with Crippen LogP contribution in [0.1, 0.15) is 32.6 Å². The number of aryl methyl sites for hydroxylation is 3. The Morgan fingerprint density at radius 1 is 1.17 bits per heavy atom. The zero-order valence-corrected chi connectivity index (χ0v) is 15.2. The second kappa shape index (κ2) is 7.49. The number of benzene rings is 1. The number of amides is 1. The highest BCUT2D eigenvalue weighted by atomic mass is 32.1. The molecule has 1 N–H and O–H groups in total. The van der Waals surface area contributed by atoms with Crippen LogP contribution in [0.25, 0.3) is 0 Å². The number of thiophene rings is 1. The van der Waals surface area contributed by atoms with Crippen molar-refractivity contribution in [2.45, 2.75) is 33.8 Å². The first-order chi connectivity index (χ1) is 11.3. The number of ether oxygens (including phenoxy) is 2. The highest BCUT2D eigenvalue weighted by molar-refractivity contribution is 7.12. The zero-order chi connectivity index (χ0) is 17.9. The number of carbonyl (C=O) groups excluding carboxylic acids is 2. The van der Waals surface area contributed by atoms with Crippen LogP contribution in [0.3, 0.4) is 0 Å². The van der Waals surface area contributed by atoms with E-state index in [4.69, 9.17) is 9.47 Å². The lowest BCUT2D eigenvalue weighted by Crippen LogP contribution is -2.30. The van der Waals surface area contributed by atoms with Crippen molar-refractivity contribution >= 4 is 28.9 Å². The molecule has 5 nitrogen and oxygen atoms in total. The molecule has 0 aliphatic heterocycles. The van der Waals surface area contributed by atoms with Gasteiger partial charge in [0.05, 0.1) is 18.4 Å². The molecule has 0 radical (unpaired) electrons. The quantitative estimate of drug-likeness (QED) is 0.834. The molecule has 6 heteroatoms. The number of rotatable bonds is 5. The lowest BCUT2D eigenvalue weighted by Gasteiger charge is -2.15. The van der Waals surface area contributed by atoms with Crippen molar-refractivity contribution in [1.29, 1.82) is 0 Å². The minimum Gasteiger partial charge on any atom is -0.495 e. The molecule has 1 aromatic carbocycles. The zero-order valence-electron chi connectivity index (χ0n) is 14.4. The van der Waals surface area contributed by atoms with E-state index in [1.807, 2.05) is 26.8 Å². The molecule has 0 spiro atoms. The van der Waals surface area contributed by atoms with Crippen molar-refractivity contribution in [3.8, 4) is 5.75 Å². The van der Waals surface area contributed by atoms with Crippen LogP contribution in [0.2, 0.25) is 0 Å². The number of esters is 1. The SMILES string of the molecule is COc1ccc(C)cc1NC(=O)[C@@H](C)OC(=O)c1cc(C)sc1C. The van der Waals surface area contributed by atoms with E-state index >= 15 is 0 Å². The van der Waals surface area contributed by atoms with Gasteiger partial charge in [0.25, 0.3) is 5.91 Å². The van der Waals surface area contributed by atoms with Gasteiger partial charge in [-0.1, -0.05) is 6.07 Å². The van der Waals surface area contributed by atoms with Crippen molar-refractivity contribution in [2.24, 2.45) is 0 Å². The maximum atomic E-state index is 12.3. The molecule has 0 aliphatic carbocycles. The molecule has 0 saturated carbocycles. The molecule has 2 rings (SSSR count). The third-order valence-corrected chi connectivity index (χ3v) is 4.49. The van der Waals surface area contributed by atoms with Crippen molar-refractivity contribution in [3.05, 3.63) is 45.1 Å². The topological polar surface area (TPSA) is 64.6 Å². The average molecular weight is 347 g/mol. The van der Waals surface area contributed by atoms with E-state index in [-0.39, 0.29) is 0 Å². The van der Waals surface area contributed by atoms with Crippen LogP contribution in [-0.2, 0) is 9.53 Å². The summed E-state index contributed by atoms with van der Waals surface area (Å²) in [5, 5.41) is 2.74. The summed E-state index contributed by atoms with van der Waals surface area (Å²) in [5.41, 5.74) is 2.04. The summed E-state index contributed by atoms with van der Waals surface area (Å²) in [6.45, 7) is 7.25. The fourth-order valence-corrected chi connectivity index (χ4v) is 3.18. The monoisotopic (exact) mass is 347 g/mol. The third kappa shape index (κ3) is 4.14. The van der Waals surface area contributed by atoms with Crippen LogP contribution in [0.15, 0.2) is 24.3 Å². The van der Waals surface area contributed by atoms with E-state index in [0.29, 0.717) is 17.0 Å². The van der Waals surface area contributed by atoms with Crippen LogP contribution in [0.5, 0.6) is 5.75 Å². The minimum atomic E-state index is -0.915. The van der Waals surface area contributed by atoms with E-state index in [0.717, 1.165) is 15.3 Å². The Morgan fingerprint density at radius 3 is 2.46 bits per heavy atom. The summed E-state index contributed by atoms with van der Waals surface area (Å²) < 4.78 is 10.5. The molecule has 1 atom stereocenters. The minimum absolute atomic E-state index is 0.406. The number of anilines is 1. The Balaban J connectivity index is 2.06. The van der Waals surface area contributed by atoms with Gasteiger partial charge in [0.2, 0.25) is 0 Å². The van der Waals surface area contributed by atoms with Gasteiger partial charge in [-0.15, -0.1) is 11.3 Å². The van der Waals surface area contributed by atoms with Crippen LogP contribution in [0, 0.1) is 20.8 Å². The summed E-state index contributed by atoms with van der Waals surface area (Å²) in [5.74, 6) is -0.343. The molecule has 2 aromatic rings. The van der Waals surface area contributed by atoms with E-state index in [9.17, 15) is 9.59 Å². The molecule has 128 valence electrons. The molecule has 0 unspecified atom stereocenters. The Hall–Kier alpha value is -2.34. The summed E-state index contributed by atoms with van der Waals surface area (Å²) in [6.07, 6.45) is -0.915. The van der Waals surface area contributed by atoms with Crippen molar-refractivity contribution in [2.75, 3.05) is 12.4 Å². The second-order valence-corrected chi connectivity index (χ2v) is 7.03. The smallest absolute Gasteiger partial charge is 0.340 e. The molecular formula is C18H21NO4S. The normalized spacial score (nSPS) is 11.7. The number of hydrogen-bond donors (Lipinski definition) is 1. The molecule has 0 aliphatic rings. The predicted octanol–water partition coefficient (Wildman–Crippen LogP) is 3.87. The van der Waals surface area contributed by atoms with E-state index in [1.54, 1.807) is 25.1 Å². The van der Waals surface area contributed by atoms with E-state index < -0.39 is 18.0 Å². The molecule has 0 fully saturated rings. The van der Waals surface area contributed by atoms with E-state index in [2.05, 4.69) is 5.32 Å². The van der Waals surface area contributed by atoms with Crippen molar-refractivity contribution in [3.63, 3.8) is 0 Å². The summed E-state index contributed by atoms with van der Waals surface area (Å²) in [7, 11) is 1.53. The Labute approximate surface area is 145 Å². The number of methoxy groups -OCH3 is 1. The summed E-state index contributed by atoms with van der Waals surface area (Å²) >= 11 is 1.52. The van der Waals surface area contributed by atoms with Gasteiger partial charge in [0.1, 0.15) is 5.75 Å². The van der Waals surface area contributed by atoms with Crippen LogP contribution in [-0.4, -0.2) is 25.1 Å². The van der Waals surface area contributed by atoms with Gasteiger partial charge in [-0.25, -0.2) is 4.79 Å². The lowest BCUT2D eigenvalue weighted by atomic mass is 10.2. The van der Waals surface area contributed by atoms with E-state index in [1.165, 1.54) is 18.4 Å². The summed E-state index contributed by atoms with van der Waals surface area (Å²) in [4.78, 5) is 26.4. The van der Waals surface area contributed by atoms with Gasteiger partial charge in [0, 0.05) is 9.75 Å². The third-order valence-electron chi connectivity index (χ3n) is 3.53. The average Bonchev–Trinajstić information content (AvgIpc) is 2.86. The second-order valence-electron chi connectivity index (χ2n) is 5.57.